The molecule has 3 heterocycles. The number of amides is 2. The first kappa shape index (κ1) is 17.2. The van der Waals surface area contributed by atoms with E-state index in [0.717, 1.165) is 55.5 Å². The Morgan fingerprint density at radius 3 is 2.62 bits per heavy atom. The number of nitrogens with one attached hydrogen (secondary N) is 2. The van der Waals surface area contributed by atoms with Crippen LogP contribution in [0.25, 0.3) is 0 Å². The van der Waals surface area contributed by atoms with Crippen molar-refractivity contribution in [3.05, 3.63) is 65.7 Å². The Kier molecular flexibility index (Phi) is 3.52. The molecule has 2 aromatic carbocycles. The molecule has 6 rings (SSSR count). The van der Waals surface area contributed by atoms with Gasteiger partial charge in [0.2, 0.25) is 11.8 Å². The zero-order valence-electron chi connectivity index (χ0n) is 16.4. The summed E-state index contributed by atoms with van der Waals surface area (Å²) in [6.07, 6.45) is 4.81. The highest BCUT2D eigenvalue weighted by Gasteiger charge is 2.66. The molecule has 0 bridgehead atoms. The molecular weight excluding hydrogens is 362 g/mol. The third kappa shape index (κ3) is 2.25. The van der Waals surface area contributed by atoms with E-state index >= 15 is 0 Å². The molecule has 2 aromatic rings. The SMILES string of the molecule is O=C(NC1(c2ccccc2)CC1)[C@H]1C[C@H]2CCCN2[C@]12C(=O)Nc1ccccc12. The van der Waals surface area contributed by atoms with Crippen LogP contribution in [-0.4, -0.2) is 29.3 Å². The fourth-order valence-corrected chi connectivity index (χ4v) is 6.07. The van der Waals surface area contributed by atoms with Gasteiger partial charge in [-0.05, 0) is 50.3 Å². The van der Waals surface area contributed by atoms with E-state index in [2.05, 4.69) is 27.7 Å². The molecule has 1 aliphatic carbocycles. The molecule has 0 aromatic heterocycles. The van der Waals surface area contributed by atoms with Gasteiger partial charge >= 0.3 is 0 Å². The zero-order chi connectivity index (χ0) is 19.6. The number of fused-ring (bicyclic) bond motifs is 4. The molecule has 0 radical (unpaired) electrons. The first-order chi connectivity index (χ1) is 14.1. The van der Waals surface area contributed by atoms with Crippen molar-refractivity contribution < 1.29 is 9.59 Å². The summed E-state index contributed by atoms with van der Waals surface area (Å²) in [5.41, 5.74) is 1.86. The molecule has 0 unspecified atom stereocenters. The number of nitrogens with zero attached hydrogens (tertiary/aromatic N) is 1. The average molecular weight is 387 g/mol. The number of anilines is 1. The van der Waals surface area contributed by atoms with Crippen LogP contribution >= 0.6 is 0 Å². The summed E-state index contributed by atoms with van der Waals surface area (Å²) in [7, 11) is 0. The summed E-state index contributed by atoms with van der Waals surface area (Å²) in [6.45, 7) is 0.875. The van der Waals surface area contributed by atoms with Crippen LogP contribution in [0.3, 0.4) is 0 Å². The number of rotatable bonds is 3. The maximum atomic E-state index is 13.7. The fourth-order valence-electron chi connectivity index (χ4n) is 6.07. The lowest BCUT2D eigenvalue weighted by Gasteiger charge is -2.37. The van der Waals surface area contributed by atoms with E-state index in [9.17, 15) is 9.59 Å². The molecule has 1 saturated carbocycles. The van der Waals surface area contributed by atoms with Gasteiger partial charge in [0, 0.05) is 17.3 Å². The Morgan fingerprint density at radius 2 is 1.83 bits per heavy atom. The van der Waals surface area contributed by atoms with E-state index in [4.69, 9.17) is 0 Å². The van der Waals surface area contributed by atoms with Crippen LogP contribution in [0.2, 0.25) is 0 Å². The lowest BCUT2D eigenvalue weighted by atomic mass is 9.78. The molecule has 3 aliphatic heterocycles. The predicted molar refractivity (Wildman–Crippen MR) is 110 cm³/mol. The summed E-state index contributed by atoms with van der Waals surface area (Å²) in [6, 6.07) is 18.4. The minimum atomic E-state index is -0.866. The van der Waals surface area contributed by atoms with E-state index in [-0.39, 0.29) is 23.3 Å². The second kappa shape index (κ2) is 5.92. The third-order valence-electron chi connectivity index (χ3n) is 7.53. The van der Waals surface area contributed by atoms with Crippen molar-refractivity contribution in [1.82, 2.24) is 10.2 Å². The number of hydrogen-bond acceptors (Lipinski definition) is 3. The van der Waals surface area contributed by atoms with Gasteiger partial charge in [-0.25, -0.2) is 0 Å². The summed E-state index contributed by atoms with van der Waals surface area (Å²) in [5.74, 6) is -0.377. The van der Waals surface area contributed by atoms with Gasteiger partial charge in [-0.3, -0.25) is 14.5 Å². The monoisotopic (exact) mass is 387 g/mol. The van der Waals surface area contributed by atoms with E-state index in [1.165, 1.54) is 0 Å². The van der Waals surface area contributed by atoms with Crippen LogP contribution in [0.5, 0.6) is 0 Å². The Balaban J connectivity index is 1.40. The van der Waals surface area contributed by atoms with Crippen molar-refractivity contribution in [2.24, 2.45) is 5.92 Å². The summed E-state index contributed by atoms with van der Waals surface area (Å²) in [5, 5.41) is 6.45. The minimum Gasteiger partial charge on any atom is -0.346 e. The van der Waals surface area contributed by atoms with E-state index in [1.807, 2.05) is 42.5 Å². The Morgan fingerprint density at radius 1 is 1.07 bits per heavy atom. The first-order valence-corrected chi connectivity index (χ1v) is 10.7. The normalized spacial score (nSPS) is 31.4. The molecule has 4 aliphatic rings. The number of carbonyl (C=O) groups excluding carboxylic acids is 2. The highest BCUT2D eigenvalue weighted by Crippen LogP contribution is 2.56. The molecule has 2 saturated heterocycles. The molecule has 3 fully saturated rings. The number of carbonyl (C=O) groups is 2. The smallest absolute Gasteiger partial charge is 0.250 e. The third-order valence-corrected chi connectivity index (χ3v) is 7.53. The van der Waals surface area contributed by atoms with Crippen LogP contribution in [0.15, 0.2) is 54.6 Å². The van der Waals surface area contributed by atoms with Crippen molar-refractivity contribution in [3.8, 4) is 0 Å². The largest absolute Gasteiger partial charge is 0.346 e. The van der Waals surface area contributed by atoms with E-state index in [0.29, 0.717) is 6.04 Å². The molecule has 5 heteroatoms. The average Bonchev–Trinajstić information content (AvgIpc) is 3.11. The molecule has 5 nitrogen and oxygen atoms in total. The van der Waals surface area contributed by atoms with E-state index in [1.54, 1.807) is 0 Å². The molecule has 3 atom stereocenters. The topological polar surface area (TPSA) is 61.4 Å². The Hall–Kier alpha value is -2.66. The van der Waals surface area contributed by atoms with Gasteiger partial charge in [-0.1, -0.05) is 48.5 Å². The summed E-state index contributed by atoms with van der Waals surface area (Å²) < 4.78 is 0. The number of para-hydroxylation sites is 1. The molecule has 29 heavy (non-hydrogen) atoms. The van der Waals surface area contributed by atoms with Gasteiger partial charge in [-0.15, -0.1) is 0 Å². The predicted octanol–water partition coefficient (Wildman–Crippen LogP) is 3.12. The number of benzene rings is 2. The molecule has 148 valence electrons. The Bertz CT molecular complexity index is 1000. The van der Waals surface area contributed by atoms with Crippen molar-refractivity contribution in [3.63, 3.8) is 0 Å². The summed E-state index contributed by atoms with van der Waals surface area (Å²) >= 11 is 0. The zero-order valence-corrected chi connectivity index (χ0v) is 16.4. The number of hydrogen-bond donors (Lipinski definition) is 2. The van der Waals surface area contributed by atoms with E-state index < -0.39 is 5.54 Å². The van der Waals surface area contributed by atoms with Crippen LogP contribution < -0.4 is 10.6 Å². The maximum Gasteiger partial charge on any atom is 0.250 e. The van der Waals surface area contributed by atoms with Crippen LogP contribution in [0.4, 0.5) is 5.69 Å². The lowest BCUT2D eigenvalue weighted by Crippen LogP contribution is -2.55. The standard InChI is InChI=1S/C24H25N3O2/c28-21(26-23(12-13-23)16-7-2-1-3-8-16)19-15-17-9-6-14-27(17)24(19)18-10-4-5-11-20(18)25-22(24)29/h1-5,7-8,10-11,17,19H,6,9,12-15H2,(H,25,29)(H,26,28)/t17-,19-,24+/m1/s1. The minimum absolute atomic E-state index is 0.0209. The van der Waals surface area contributed by atoms with Gasteiger partial charge in [0.1, 0.15) is 5.54 Å². The maximum absolute atomic E-state index is 13.7. The van der Waals surface area contributed by atoms with Crippen molar-refractivity contribution >= 4 is 17.5 Å². The Labute approximate surface area is 170 Å². The van der Waals surface area contributed by atoms with Crippen LogP contribution in [0, 0.1) is 5.92 Å². The summed E-state index contributed by atoms with van der Waals surface area (Å²) in [4.78, 5) is 29.5. The second-order valence-corrected chi connectivity index (χ2v) is 8.98. The van der Waals surface area contributed by atoms with Crippen molar-refractivity contribution in [1.29, 1.82) is 0 Å². The fraction of sp³-hybridized carbons (Fsp3) is 0.417. The van der Waals surface area contributed by atoms with Crippen molar-refractivity contribution in [2.45, 2.75) is 49.2 Å². The molecule has 2 N–H and O–H groups in total. The van der Waals surface area contributed by atoms with Crippen LogP contribution in [-0.2, 0) is 20.7 Å². The van der Waals surface area contributed by atoms with Gasteiger partial charge in [-0.2, -0.15) is 0 Å². The molecular formula is C24H25N3O2. The first-order valence-electron chi connectivity index (χ1n) is 10.7. The van der Waals surface area contributed by atoms with Gasteiger partial charge in [0.05, 0.1) is 11.5 Å². The van der Waals surface area contributed by atoms with Crippen molar-refractivity contribution in [2.75, 3.05) is 11.9 Å². The molecule has 1 spiro atoms. The van der Waals surface area contributed by atoms with Crippen LogP contribution in [0.1, 0.15) is 43.2 Å². The highest BCUT2D eigenvalue weighted by molar-refractivity contribution is 6.09. The van der Waals surface area contributed by atoms with Gasteiger partial charge in [0.15, 0.2) is 0 Å². The lowest BCUT2D eigenvalue weighted by molar-refractivity contribution is -0.138. The van der Waals surface area contributed by atoms with Gasteiger partial charge in [0.25, 0.3) is 0 Å². The van der Waals surface area contributed by atoms with Gasteiger partial charge < -0.3 is 10.6 Å². The second-order valence-electron chi connectivity index (χ2n) is 8.98. The molecule has 2 amide bonds. The quantitative estimate of drug-likeness (QED) is 0.851. The highest BCUT2D eigenvalue weighted by atomic mass is 16.2.